The minimum atomic E-state index is 0.00923. The normalized spacial score (nSPS) is 11.5. The van der Waals surface area contributed by atoms with Gasteiger partial charge in [0.1, 0.15) is 0 Å². The number of benzene rings is 1. The van der Waals surface area contributed by atoms with E-state index in [4.69, 9.17) is 10.8 Å². The van der Waals surface area contributed by atoms with Crippen LogP contribution in [0.5, 0.6) is 0 Å². The molecule has 1 aromatic carbocycles. The fourth-order valence-electron chi connectivity index (χ4n) is 1.18. The average Bonchev–Trinajstić information content (AvgIpc) is 2.20. The summed E-state index contributed by atoms with van der Waals surface area (Å²) in [6, 6.07) is 5.98. The molecule has 1 rings (SSSR count). The maximum absolute atomic E-state index is 8.57. The van der Waals surface area contributed by atoms with Gasteiger partial charge in [-0.1, -0.05) is 6.07 Å². The van der Waals surface area contributed by atoms with Crippen LogP contribution < -0.4 is 11.1 Å². The van der Waals surface area contributed by atoms with Gasteiger partial charge in [-0.15, -0.1) is 0 Å². The first-order valence-corrected chi connectivity index (χ1v) is 4.88. The molecule has 4 heteroatoms. The molecule has 1 aromatic rings. The highest BCUT2D eigenvalue weighted by Crippen LogP contribution is 2.13. The Hall–Kier alpha value is -1.55. The Morgan fingerprint density at radius 3 is 2.73 bits per heavy atom. The van der Waals surface area contributed by atoms with Gasteiger partial charge in [0.05, 0.1) is 13.2 Å². The molecule has 0 aromatic heterocycles. The number of nitrogens with one attached hydrogen (secondary N) is 1. The summed E-state index contributed by atoms with van der Waals surface area (Å²) in [5, 5.41) is 11.5. The number of nitrogens with two attached hydrogens (primary N) is 1. The number of aliphatic hydroxyl groups is 1. The van der Waals surface area contributed by atoms with E-state index in [1.54, 1.807) is 0 Å². The number of aryl methyl sites for hydroxylation is 2. The SMILES string of the molecule is Cc1ccc(NC(N)=NCCO)cc1C. The molecule has 0 bridgehead atoms. The van der Waals surface area contributed by atoms with E-state index in [0.29, 0.717) is 12.5 Å². The molecule has 4 nitrogen and oxygen atoms in total. The Morgan fingerprint density at radius 1 is 1.40 bits per heavy atom. The van der Waals surface area contributed by atoms with Crippen molar-refractivity contribution in [1.29, 1.82) is 0 Å². The molecular weight excluding hydrogens is 190 g/mol. The molecule has 82 valence electrons. The van der Waals surface area contributed by atoms with E-state index >= 15 is 0 Å². The van der Waals surface area contributed by atoms with Crippen LogP contribution in [0.1, 0.15) is 11.1 Å². The van der Waals surface area contributed by atoms with Crippen LogP contribution in [0.25, 0.3) is 0 Å². The molecule has 0 aliphatic rings. The number of nitrogens with zero attached hydrogens (tertiary/aromatic N) is 1. The molecule has 15 heavy (non-hydrogen) atoms. The number of aliphatic hydroxyl groups excluding tert-OH is 1. The van der Waals surface area contributed by atoms with E-state index < -0.39 is 0 Å². The summed E-state index contributed by atoms with van der Waals surface area (Å²) in [5.74, 6) is 0.326. The lowest BCUT2D eigenvalue weighted by Crippen LogP contribution is -2.23. The third-order valence-corrected chi connectivity index (χ3v) is 2.16. The smallest absolute Gasteiger partial charge is 0.193 e. The topological polar surface area (TPSA) is 70.6 Å². The molecule has 0 heterocycles. The molecule has 0 fully saturated rings. The molecule has 0 saturated carbocycles. The maximum atomic E-state index is 8.57. The van der Waals surface area contributed by atoms with Gasteiger partial charge in [0.25, 0.3) is 0 Å². The van der Waals surface area contributed by atoms with Gasteiger partial charge in [-0.2, -0.15) is 0 Å². The number of rotatable bonds is 3. The largest absolute Gasteiger partial charge is 0.394 e. The van der Waals surface area contributed by atoms with Gasteiger partial charge >= 0.3 is 0 Å². The number of hydrogen-bond acceptors (Lipinski definition) is 2. The van der Waals surface area contributed by atoms with E-state index in [2.05, 4.69) is 17.2 Å². The van der Waals surface area contributed by atoms with Crippen molar-refractivity contribution in [3.05, 3.63) is 29.3 Å². The second-order valence-electron chi connectivity index (χ2n) is 3.41. The fraction of sp³-hybridized carbons (Fsp3) is 0.364. The van der Waals surface area contributed by atoms with Crippen LogP contribution in [0.3, 0.4) is 0 Å². The number of aliphatic imine (C=N–C) groups is 1. The van der Waals surface area contributed by atoms with Gasteiger partial charge < -0.3 is 16.2 Å². The van der Waals surface area contributed by atoms with Gasteiger partial charge in [-0.25, -0.2) is 0 Å². The van der Waals surface area contributed by atoms with Crippen LogP contribution in [0, 0.1) is 13.8 Å². The van der Waals surface area contributed by atoms with E-state index in [1.165, 1.54) is 11.1 Å². The minimum Gasteiger partial charge on any atom is -0.394 e. The Labute approximate surface area is 89.8 Å². The zero-order chi connectivity index (χ0) is 11.3. The van der Waals surface area contributed by atoms with Crippen molar-refractivity contribution in [2.75, 3.05) is 18.5 Å². The summed E-state index contributed by atoms with van der Waals surface area (Å²) in [6.07, 6.45) is 0. The van der Waals surface area contributed by atoms with Crippen molar-refractivity contribution in [2.45, 2.75) is 13.8 Å². The van der Waals surface area contributed by atoms with E-state index in [0.717, 1.165) is 5.69 Å². The summed E-state index contributed by atoms with van der Waals surface area (Å²) in [4.78, 5) is 3.92. The van der Waals surface area contributed by atoms with Gasteiger partial charge in [0.15, 0.2) is 5.96 Å². The fourth-order valence-corrected chi connectivity index (χ4v) is 1.18. The number of anilines is 1. The quantitative estimate of drug-likeness (QED) is 0.512. The van der Waals surface area contributed by atoms with E-state index in [9.17, 15) is 0 Å². The third-order valence-electron chi connectivity index (χ3n) is 2.16. The highest BCUT2D eigenvalue weighted by Gasteiger charge is 1.97. The first-order chi connectivity index (χ1) is 7.13. The standard InChI is InChI=1S/C11H17N3O/c1-8-3-4-10(7-9(8)2)14-11(12)13-5-6-15/h3-4,7,15H,5-6H2,1-2H3,(H3,12,13,14). The summed E-state index contributed by atoms with van der Waals surface area (Å²) in [5.41, 5.74) is 8.97. The molecule has 0 spiro atoms. The van der Waals surface area contributed by atoms with Crippen molar-refractivity contribution in [2.24, 2.45) is 10.7 Å². The molecule has 4 N–H and O–H groups in total. The lowest BCUT2D eigenvalue weighted by molar-refractivity contribution is 0.307. The zero-order valence-corrected chi connectivity index (χ0v) is 9.12. The van der Waals surface area contributed by atoms with Crippen LogP contribution in [-0.2, 0) is 0 Å². The van der Waals surface area contributed by atoms with Crippen LogP contribution in [-0.4, -0.2) is 24.2 Å². The molecule has 0 radical (unpaired) electrons. The summed E-state index contributed by atoms with van der Waals surface area (Å²) in [7, 11) is 0. The summed E-state index contributed by atoms with van der Waals surface area (Å²) >= 11 is 0. The Bertz CT molecular complexity index is 361. The molecule has 0 aliphatic heterocycles. The van der Waals surface area contributed by atoms with Gasteiger partial charge in [-0.05, 0) is 37.1 Å². The molecule has 0 aliphatic carbocycles. The van der Waals surface area contributed by atoms with Crippen LogP contribution in [0.15, 0.2) is 23.2 Å². The van der Waals surface area contributed by atoms with E-state index in [-0.39, 0.29) is 6.61 Å². The Kier molecular flexibility index (Phi) is 4.12. The lowest BCUT2D eigenvalue weighted by Gasteiger charge is -2.07. The highest BCUT2D eigenvalue weighted by atomic mass is 16.3. The molecular formula is C11H17N3O. The van der Waals surface area contributed by atoms with Crippen LogP contribution in [0.2, 0.25) is 0 Å². The first kappa shape index (κ1) is 11.5. The minimum absolute atomic E-state index is 0.00923. The second kappa shape index (κ2) is 5.36. The Morgan fingerprint density at radius 2 is 2.13 bits per heavy atom. The molecule has 0 atom stereocenters. The van der Waals surface area contributed by atoms with Crippen molar-refractivity contribution < 1.29 is 5.11 Å². The van der Waals surface area contributed by atoms with Crippen LogP contribution >= 0.6 is 0 Å². The summed E-state index contributed by atoms with van der Waals surface area (Å²) in [6.45, 7) is 4.43. The highest BCUT2D eigenvalue weighted by molar-refractivity contribution is 5.92. The first-order valence-electron chi connectivity index (χ1n) is 4.88. The zero-order valence-electron chi connectivity index (χ0n) is 9.12. The monoisotopic (exact) mass is 207 g/mol. The van der Waals surface area contributed by atoms with Crippen LogP contribution in [0.4, 0.5) is 5.69 Å². The lowest BCUT2D eigenvalue weighted by atomic mass is 10.1. The van der Waals surface area contributed by atoms with Gasteiger partial charge in [-0.3, -0.25) is 4.99 Å². The number of hydrogen-bond donors (Lipinski definition) is 3. The van der Waals surface area contributed by atoms with E-state index in [1.807, 2.05) is 25.1 Å². The Balaban J connectivity index is 2.68. The van der Waals surface area contributed by atoms with Crippen molar-refractivity contribution in [1.82, 2.24) is 0 Å². The maximum Gasteiger partial charge on any atom is 0.193 e. The predicted molar refractivity (Wildman–Crippen MR) is 63.1 cm³/mol. The number of guanidine groups is 1. The van der Waals surface area contributed by atoms with Gasteiger partial charge in [0.2, 0.25) is 0 Å². The van der Waals surface area contributed by atoms with Crippen molar-refractivity contribution in [3.8, 4) is 0 Å². The predicted octanol–water partition coefficient (Wildman–Crippen LogP) is 1.02. The molecule has 0 saturated heterocycles. The molecule has 0 amide bonds. The average molecular weight is 207 g/mol. The third kappa shape index (κ3) is 3.59. The van der Waals surface area contributed by atoms with Gasteiger partial charge in [0, 0.05) is 5.69 Å². The van der Waals surface area contributed by atoms with Crippen molar-refractivity contribution >= 4 is 11.6 Å². The summed E-state index contributed by atoms with van der Waals surface area (Å²) < 4.78 is 0. The molecule has 0 unspecified atom stereocenters. The van der Waals surface area contributed by atoms with Crippen molar-refractivity contribution in [3.63, 3.8) is 0 Å². The second-order valence-corrected chi connectivity index (χ2v) is 3.41.